The normalized spacial score (nSPS) is 13.7. The first-order valence-electron chi connectivity index (χ1n) is 3.03. The van der Waals surface area contributed by atoms with Gasteiger partial charge in [-0.15, -0.1) is 0 Å². The van der Waals surface area contributed by atoms with Crippen LogP contribution in [0.5, 0.6) is 0 Å². The molecule has 0 saturated carbocycles. The Bertz CT molecular complexity index is 111. The molecule has 0 aromatic rings. The minimum atomic E-state index is 0.0451. The van der Waals surface area contributed by atoms with E-state index in [4.69, 9.17) is 4.74 Å². The van der Waals surface area contributed by atoms with E-state index < -0.39 is 0 Å². The third kappa shape index (κ3) is 2.49. The average molecular weight is 129 g/mol. The molecule has 0 amide bonds. The summed E-state index contributed by atoms with van der Waals surface area (Å²) in [5.74, 6) is 0.794. The van der Waals surface area contributed by atoms with Gasteiger partial charge in [0.2, 0.25) is 0 Å². The van der Waals surface area contributed by atoms with Crippen LogP contribution in [0.3, 0.4) is 0 Å². The van der Waals surface area contributed by atoms with E-state index in [-0.39, 0.29) is 5.41 Å². The molecule has 0 aromatic heterocycles. The van der Waals surface area contributed by atoms with E-state index in [2.05, 4.69) is 25.8 Å². The number of nitrogens with zero attached hydrogens (tertiary/aromatic N) is 1. The van der Waals surface area contributed by atoms with Crippen molar-refractivity contribution >= 4 is 5.90 Å². The minimum Gasteiger partial charge on any atom is -0.484 e. The summed E-state index contributed by atoms with van der Waals surface area (Å²) in [5, 5.41) is 0. The minimum absolute atomic E-state index is 0.0451. The van der Waals surface area contributed by atoms with E-state index >= 15 is 0 Å². The zero-order valence-electron chi connectivity index (χ0n) is 6.86. The Morgan fingerprint density at radius 1 is 1.33 bits per heavy atom. The van der Waals surface area contributed by atoms with Gasteiger partial charge in [0.25, 0.3) is 0 Å². The van der Waals surface area contributed by atoms with Crippen molar-refractivity contribution in [2.24, 2.45) is 10.4 Å². The van der Waals surface area contributed by atoms with Crippen LogP contribution < -0.4 is 0 Å². The Kier molecular flexibility index (Phi) is 2.68. The van der Waals surface area contributed by atoms with Gasteiger partial charge in [-0.05, 0) is 0 Å². The monoisotopic (exact) mass is 129 g/mol. The molecule has 0 radical (unpaired) electrons. The largest absolute Gasteiger partial charge is 0.484 e. The van der Waals surface area contributed by atoms with E-state index in [0.29, 0.717) is 0 Å². The number of rotatable bonds is 0. The summed E-state index contributed by atoms with van der Waals surface area (Å²) in [6.07, 6.45) is 0. The van der Waals surface area contributed by atoms with Crippen LogP contribution in [0.4, 0.5) is 0 Å². The second-order valence-electron chi connectivity index (χ2n) is 2.98. The first-order chi connectivity index (χ1) is 4.02. The molecular weight excluding hydrogens is 114 g/mol. The number of aliphatic imine (C=N–C) groups is 1. The van der Waals surface area contributed by atoms with Gasteiger partial charge in [-0.3, -0.25) is 4.99 Å². The average Bonchev–Trinajstić information content (AvgIpc) is 1.65. The molecule has 0 fully saturated rings. The molecule has 9 heavy (non-hydrogen) atoms. The van der Waals surface area contributed by atoms with Gasteiger partial charge >= 0.3 is 0 Å². The molecule has 0 bridgehead atoms. The van der Waals surface area contributed by atoms with Gasteiger partial charge < -0.3 is 4.74 Å². The van der Waals surface area contributed by atoms with Crippen molar-refractivity contribution < 1.29 is 4.74 Å². The highest BCUT2D eigenvalue weighted by atomic mass is 16.5. The summed E-state index contributed by atoms with van der Waals surface area (Å²) in [7, 11) is 3.39. The van der Waals surface area contributed by atoms with Crippen LogP contribution in [-0.4, -0.2) is 20.1 Å². The third-order valence-corrected chi connectivity index (χ3v) is 1.04. The van der Waals surface area contributed by atoms with Crippen molar-refractivity contribution in [2.75, 3.05) is 14.2 Å². The van der Waals surface area contributed by atoms with Gasteiger partial charge in [0.15, 0.2) is 5.90 Å². The molecule has 2 nitrogen and oxygen atoms in total. The van der Waals surface area contributed by atoms with Crippen LogP contribution in [0.1, 0.15) is 20.8 Å². The number of hydrogen-bond donors (Lipinski definition) is 0. The van der Waals surface area contributed by atoms with Crippen molar-refractivity contribution in [2.45, 2.75) is 20.8 Å². The molecule has 0 heterocycles. The van der Waals surface area contributed by atoms with Crippen LogP contribution in [0.2, 0.25) is 0 Å². The van der Waals surface area contributed by atoms with Gasteiger partial charge in [0, 0.05) is 12.5 Å². The zero-order chi connectivity index (χ0) is 7.49. The number of hydrogen-bond acceptors (Lipinski definition) is 2. The molecule has 0 rings (SSSR count). The van der Waals surface area contributed by atoms with Crippen molar-refractivity contribution in [3.8, 4) is 0 Å². The van der Waals surface area contributed by atoms with Crippen molar-refractivity contribution in [1.29, 1.82) is 0 Å². The highest BCUT2D eigenvalue weighted by Crippen LogP contribution is 2.15. The summed E-state index contributed by atoms with van der Waals surface area (Å²) < 4.78 is 5.01. The molecule has 0 saturated heterocycles. The smallest absolute Gasteiger partial charge is 0.188 e. The van der Waals surface area contributed by atoms with Gasteiger partial charge in [-0.25, -0.2) is 0 Å². The predicted octanol–water partition coefficient (Wildman–Crippen LogP) is 1.71. The van der Waals surface area contributed by atoms with Gasteiger partial charge in [-0.2, -0.15) is 0 Å². The molecule has 0 aliphatic heterocycles. The molecule has 0 aliphatic carbocycles. The molecule has 0 spiro atoms. The molecule has 54 valence electrons. The lowest BCUT2D eigenvalue weighted by Gasteiger charge is -2.18. The Hall–Kier alpha value is -0.530. The molecular formula is C7H15NO. The highest BCUT2D eigenvalue weighted by molar-refractivity contribution is 5.81. The summed E-state index contributed by atoms with van der Waals surface area (Å²) >= 11 is 0. The number of methoxy groups -OCH3 is 1. The quantitative estimate of drug-likeness (QED) is 0.360. The van der Waals surface area contributed by atoms with Crippen molar-refractivity contribution in [3.63, 3.8) is 0 Å². The Morgan fingerprint density at radius 3 is 1.78 bits per heavy atom. The van der Waals surface area contributed by atoms with E-state index in [0.717, 1.165) is 5.90 Å². The van der Waals surface area contributed by atoms with Crippen LogP contribution in [-0.2, 0) is 4.74 Å². The highest BCUT2D eigenvalue weighted by Gasteiger charge is 2.18. The van der Waals surface area contributed by atoms with Gasteiger partial charge in [0.1, 0.15) is 0 Å². The second kappa shape index (κ2) is 2.85. The van der Waals surface area contributed by atoms with Gasteiger partial charge in [0.05, 0.1) is 7.11 Å². The molecule has 0 unspecified atom stereocenters. The van der Waals surface area contributed by atoms with Crippen LogP contribution >= 0.6 is 0 Å². The number of ether oxygens (including phenoxy) is 1. The lowest BCUT2D eigenvalue weighted by molar-refractivity contribution is 0.336. The first kappa shape index (κ1) is 8.47. The van der Waals surface area contributed by atoms with E-state index in [1.807, 2.05) is 0 Å². The Morgan fingerprint density at radius 2 is 1.78 bits per heavy atom. The fourth-order valence-corrected chi connectivity index (χ4v) is 0.733. The molecule has 0 atom stereocenters. The second-order valence-corrected chi connectivity index (χ2v) is 2.98. The summed E-state index contributed by atoms with van der Waals surface area (Å²) in [6.45, 7) is 6.20. The van der Waals surface area contributed by atoms with Crippen LogP contribution in [0, 0.1) is 5.41 Å². The predicted molar refractivity (Wildman–Crippen MR) is 39.8 cm³/mol. The molecule has 0 N–H and O–H groups in total. The maximum atomic E-state index is 5.01. The first-order valence-corrected chi connectivity index (χ1v) is 3.03. The Balaban J connectivity index is 4.14. The maximum absolute atomic E-state index is 5.01. The van der Waals surface area contributed by atoms with Gasteiger partial charge in [-0.1, -0.05) is 20.8 Å². The molecule has 2 heteroatoms. The van der Waals surface area contributed by atoms with Crippen LogP contribution in [0.15, 0.2) is 4.99 Å². The zero-order valence-corrected chi connectivity index (χ0v) is 6.86. The topological polar surface area (TPSA) is 21.6 Å². The van der Waals surface area contributed by atoms with Crippen molar-refractivity contribution in [1.82, 2.24) is 0 Å². The van der Waals surface area contributed by atoms with Crippen LogP contribution in [0.25, 0.3) is 0 Å². The SMILES string of the molecule is CN=C(OC)C(C)(C)C. The molecule has 0 aliphatic rings. The van der Waals surface area contributed by atoms with E-state index in [1.165, 1.54) is 0 Å². The summed E-state index contributed by atoms with van der Waals surface area (Å²) in [5.41, 5.74) is 0.0451. The summed E-state index contributed by atoms with van der Waals surface area (Å²) in [6, 6.07) is 0. The lowest BCUT2D eigenvalue weighted by Crippen LogP contribution is -2.21. The third-order valence-electron chi connectivity index (χ3n) is 1.04. The lowest BCUT2D eigenvalue weighted by atomic mass is 9.97. The van der Waals surface area contributed by atoms with Crippen molar-refractivity contribution in [3.05, 3.63) is 0 Å². The van der Waals surface area contributed by atoms with E-state index in [1.54, 1.807) is 14.2 Å². The Labute approximate surface area is 56.9 Å². The molecule has 0 aromatic carbocycles. The fraction of sp³-hybridized carbons (Fsp3) is 0.857. The summed E-state index contributed by atoms with van der Waals surface area (Å²) in [4.78, 5) is 3.97. The fourth-order valence-electron chi connectivity index (χ4n) is 0.733. The maximum Gasteiger partial charge on any atom is 0.188 e. The standard InChI is InChI=1S/C7H15NO/c1-7(2,3)6(8-4)9-5/h1-5H3. The van der Waals surface area contributed by atoms with E-state index in [9.17, 15) is 0 Å².